The zero-order valence-electron chi connectivity index (χ0n) is 10.4. The molecule has 0 radical (unpaired) electrons. The van der Waals surface area contributed by atoms with E-state index < -0.39 is 0 Å². The number of nitrogens with zero attached hydrogens (tertiary/aromatic N) is 1. The number of aryl methyl sites for hydroxylation is 1. The van der Waals surface area contributed by atoms with Crippen LogP contribution < -0.4 is 5.43 Å². The van der Waals surface area contributed by atoms with Crippen LogP contribution in [-0.4, -0.2) is 12.1 Å². The zero-order valence-corrected chi connectivity index (χ0v) is 11.2. The Bertz CT molecular complexity index is 623. The van der Waals surface area contributed by atoms with Gasteiger partial charge in [0.25, 0.3) is 5.91 Å². The summed E-state index contributed by atoms with van der Waals surface area (Å²) in [7, 11) is 0. The molecule has 0 saturated carbocycles. The van der Waals surface area contributed by atoms with Crippen molar-refractivity contribution in [1.29, 1.82) is 0 Å². The molecule has 96 valence electrons. The molecule has 4 heteroatoms. The quantitative estimate of drug-likeness (QED) is 0.675. The summed E-state index contributed by atoms with van der Waals surface area (Å²) in [5, 5.41) is 4.54. The van der Waals surface area contributed by atoms with Crippen molar-refractivity contribution in [3.63, 3.8) is 0 Å². The topological polar surface area (TPSA) is 41.5 Å². The highest BCUT2D eigenvalue weighted by Gasteiger charge is 2.03. The van der Waals surface area contributed by atoms with Gasteiger partial charge in [0.15, 0.2) is 0 Å². The molecule has 0 aromatic heterocycles. The predicted octanol–water partition coefficient (Wildman–Crippen LogP) is 3.41. The summed E-state index contributed by atoms with van der Waals surface area (Å²) in [6, 6.07) is 14.6. The fourth-order valence-electron chi connectivity index (χ4n) is 1.60. The lowest BCUT2D eigenvalue weighted by Gasteiger charge is -2.00. The third-order valence-electron chi connectivity index (χ3n) is 2.51. The first kappa shape index (κ1) is 13.3. The Morgan fingerprint density at radius 3 is 2.74 bits per heavy atom. The molecule has 0 atom stereocenters. The lowest BCUT2D eigenvalue weighted by molar-refractivity contribution is 0.0955. The molecule has 2 aromatic carbocycles. The number of hydrogen-bond acceptors (Lipinski definition) is 2. The van der Waals surface area contributed by atoms with Crippen molar-refractivity contribution in [3.8, 4) is 0 Å². The number of rotatable bonds is 3. The molecule has 1 N–H and O–H groups in total. The van der Waals surface area contributed by atoms with E-state index in [0.717, 1.165) is 11.1 Å². The van der Waals surface area contributed by atoms with Gasteiger partial charge in [0.05, 0.1) is 6.21 Å². The standard InChI is InChI=1S/C15H13ClN2O/c1-11-4-2-6-13(8-11)15(19)18-17-10-12-5-3-7-14(16)9-12/h2-10H,1H3,(H,18,19)/b17-10+. The Morgan fingerprint density at radius 1 is 1.21 bits per heavy atom. The Balaban J connectivity index is 2.01. The van der Waals surface area contributed by atoms with Gasteiger partial charge in [-0.25, -0.2) is 5.43 Å². The molecule has 0 unspecified atom stereocenters. The average molecular weight is 273 g/mol. The minimum atomic E-state index is -0.234. The van der Waals surface area contributed by atoms with Crippen LogP contribution in [-0.2, 0) is 0 Å². The first-order chi connectivity index (χ1) is 9.15. The van der Waals surface area contributed by atoms with Gasteiger partial charge in [-0.3, -0.25) is 4.79 Å². The summed E-state index contributed by atoms with van der Waals surface area (Å²) >= 11 is 5.85. The van der Waals surface area contributed by atoms with E-state index in [1.165, 1.54) is 0 Å². The molecule has 3 nitrogen and oxygen atoms in total. The Hall–Kier alpha value is -2.13. The number of carbonyl (C=O) groups is 1. The van der Waals surface area contributed by atoms with Crippen molar-refractivity contribution < 1.29 is 4.79 Å². The van der Waals surface area contributed by atoms with E-state index in [0.29, 0.717) is 10.6 Å². The Morgan fingerprint density at radius 2 is 2.00 bits per heavy atom. The third-order valence-corrected chi connectivity index (χ3v) is 2.74. The maximum Gasteiger partial charge on any atom is 0.271 e. The summed E-state index contributed by atoms with van der Waals surface area (Å²) in [5.41, 5.74) is 4.93. The van der Waals surface area contributed by atoms with Gasteiger partial charge in [-0.15, -0.1) is 0 Å². The molecule has 2 aromatic rings. The zero-order chi connectivity index (χ0) is 13.7. The fraction of sp³-hybridized carbons (Fsp3) is 0.0667. The van der Waals surface area contributed by atoms with E-state index in [4.69, 9.17) is 11.6 Å². The predicted molar refractivity (Wildman–Crippen MR) is 77.7 cm³/mol. The van der Waals surface area contributed by atoms with Gasteiger partial charge in [0, 0.05) is 10.6 Å². The number of amides is 1. The third kappa shape index (κ3) is 3.93. The number of carbonyl (C=O) groups excluding carboxylic acids is 1. The molecular weight excluding hydrogens is 260 g/mol. The maximum atomic E-state index is 11.8. The van der Waals surface area contributed by atoms with Gasteiger partial charge in [-0.1, -0.05) is 41.4 Å². The molecule has 19 heavy (non-hydrogen) atoms. The van der Waals surface area contributed by atoms with Gasteiger partial charge >= 0.3 is 0 Å². The second-order valence-electron chi connectivity index (χ2n) is 4.12. The van der Waals surface area contributed by atoms with Crippen molar-refractivity contribution in [2.24, 2.45) is 5.10 Å². The lowest BCUT2D eigenvalue weighted by atomic mass is 10.1. The molecule has 0 aliphatic carbocycles. The normalized spacial score (nSPS) is 10.6. The molecule has 0 heterocycles. The highest BCUT2D eigenvalue weighted by atomic mass is 35.5. The smallest absolute Gasteiger partial charge is 0.267 e. The van der Waals surface area contributed by atoms with Gasteiger partial charge in [-0.05, 0) is 36.8 Å². The largest absolute Gasteiger partial charge is 0.271 e. The van der Waals surface area contributed by atoms with Crippen LogP contribution in [0.15, 0.2) is 53.6 Å². The van der Waals surface area contributed by atoms with Crippen LogP contribution in [0.25, 0.3) is 0 Å². The van der Waals surface area contributed by atoms with E-state index in [-0.39, 0.29) is 5.91 Å². The number of hydrazone groups is 1. The molecule has 0 bridgehead atoms. The minimum Gasteiger partial charge on any atom is -0.267 e. The highest BCUT2D eigenvalue weighted by molar-refractivity contribution is 6.30. The lowest BCUT2D eigenvalue weighted by Crippen LogP contribution is -2.17. The van der Waals surface area contributed by atoms with Crippen LogP contribution in [0, 0.1) is 6.92 Å². The molecule has 1 amide bonds. The summed E-state index contributed by atoms with van der Waals surface area (Å²) in [6.45, 7) is 1.94. The summed E-state index contributed by atoms with van der Waals surface area (Å²) < 4.78 is 0. The van der Waals surface area contributed by atoms with E-state index >= 15 is 0 Å². The number of hydrogen-bond donors (Lipinski definition) is 1. The van der Waals surface area contributed by atoms with Crippen molar-refractivity contribution >= 4 is 23.7 Å². The van der Waals surface area contributed by atoms with Gasteiger partial charge in [0.1, 0.15) is 0 Å². The number of halogens is 1. The van der Waals surface area contributed by atoms with Crippen molar-refractivity contribution in [2.45, 2.75) is 6.92 Å². The Labute approximate surface area is 116 Å². The van der Waals surface area contributed by atoms with E-state index in [1.54, 1.807) is 24.4 Å². The second-order valence-corrected chi connectivity index (χ2v) is 4.56. The van der Waals surface area contributed by atoms with Crippen LogP contribution in [0.3, 0.4) is 0 Å². The Kier molecular flexibility index (Phi) is 4.31. The molecule has 0 spiro atoms. The van der Waals surface area contributed by atoms with Crippen LogP contribution >= 0.6 is 11.6 Å². The summed E-state index contributed by atoms with van der Waals surface area (Å²) in [6.07, 6.45) is 1.56. The van der Waals surface area contributed by atoms with Gasteiger partial charge in [0.2, 0.25) is 0 Å². The van der Waals surface area contributed by atoms with Crippen LogP contribution in [0.4, 0.5) is 0 Å². The highest BCUT2D eigenvalue weighted by Crippen LogP contribution is 2.08. The number of nitrogens with one attached hydrogen (secondary N) is 1. The van der Waals surface area contributed by atoms with Gasteiger partial charge in [-0.2, -0.15) is 5.10 Å². The summed E-state index contributed by atoms with van der Waals surface area (Å²) in [5.74, 6) is -0.234. The molecule has 0 aliphatic rings. The van der Waals surface area contributed by atoms with Crippen LogP contribution in [0.5, 0.6) is 0 Å². The van der Waals surface area contributed by atoms with Crippen LogP contribution in [0.2, 0.25) is 5.02 Å². The first-order valence-corrected chi connectivity index (χ1v) is 6.18. The van der Waals surface area contributed by atoms with Crippen LogP contribution in [0.1, 0.15) is 21.5 Å². The average Bonchev–Trinajstić information content (AvgIpc) is 2.38. The monoisotopic (exact) mass is 272 g/mol. The van der Waals surface area contributed by atoms with Crippen molar-refractivity contribution in [1.82, 2.24) is 5.43 Å². The molecule has 0 saturated heterocycles. The SMILES string of the molecule is Cc1cccc(C(=O)N/N=C/c2cccc(Cl)c2)c1. The number of benzene rings is 2. The maximum absolute atomic E-state index is 11.8. The van der Waals surface area contributed by atoms with Crippen molar-refractivity contribution in [3.05, 3.63) is 70.2 Å². The summed E-state index contributed by atoms with van der Waals surface area (Å²) in [4.78, 5) is 11.8. The molecule has 0 aliphatic heterocycles. The van der Waals surface area contributed by atoms with E-state index in [9.17, 15) is 4.79 Å². The van der Waals surface area contributed by atoms with Gasteiger partial charge < -0.3 is 0 Å². The fourth-order valence-corrected chi connectivity index (χ4v) is 1.80. The molecular formula is C15H13ClN2O. The molecule has 0 fully saturated rings. The first-order valence-electron chi connectivity index (χ1n) is 5.81. The second kappa shape index (κ2) is 6.16. The van der Waals surface area contributed by atoms with E-state index in [1.807, 2.05) is 37.3 Å². The van der Waals surface area contributed by atoms with E-state index in [2.05, 4.69) is 10.5 Å². The molecule has 2 rings (SSSR count). The van der Waals surface area contributed by atoms with Crippen molar-refractivity contribution in [2.75, 3.05) is 0 Å². The minimum absolute atomic E-state index is 0.234.